The maximum atomic E-state index is 12.7. The molecule has 1 heterocycles. The van der Waals surface area contributed by atoms with Crippen molar-refractivity contribution in [2.24, 2.45) is 0 Å². The SMILES string of the molecule is CN(Cc1ccccc1)[C@H]1CC(=O)N(c2ccc(Cl)c(Cl)c2)C1=O. The lowest BCUT2D eigenvalue weighted by Crippen LogP contribution is -2.39. The third kappa shape index (κ3) is 3.31. The number of carbonyl (C=O) groups excluding carboxylic acids is 2. The van der Waals surface area contributed by atoms with Crippen molar-refractivity contribution in [2.45, 2.75) is 19.0 Å². The minimum atomic E-state index is -0.479. The number of amides is 2. The number of halogens is 2. The number of carbonyl (C=O) groups is 2. The minimum absolute atomic E-state index is 0.155. The zero-order valence-electron chi connectivity index (χ0n) is 13.1. The average Bonchev–Trinajstić information content (AvgIpc) is 2.86. The van der Waals surface area contributed by atoms with Gasteiger partial charge in [0.05, 0.1) is 28.2 Å². The molecule has 2 amide bonds. The Kier molecular flexibility index (Phi) is 4.90. The minimum Gasteiger partial charge on any atom is -0.290 e. The number of hydrogen-bond acceptors (Lipinski definition) is 3. The predicted molar refractivity (Wildman–Crippen MR) is 95.3 cm³/mol. The molecule has 0 bridgehead atoms. The first-order chi connectivity index (χ1) is 11.5. The van der Waals surface area contributed by atoms with Crippen LogP contribution in [0.25, 0.3) is 0 Å². The summed E-state index contributed by atoms with van der Waals surface area (Å²) in [6.07, 6.45) is 0.155. The second kappa shape index (κ2) is 6.93. The van der Waals surface area contributed by atoms with Crippen LogP contribution in [0.15, 0.2) is 48.5 Å². The molecule has 0 N–H and O–H groups in total. The van der Waals surface area contributed by atoms with E-state index in [1.807, 2.05) is 42.3 Å². The normalized spacial score (nSPS) is 17.8. The highest BCUT2D eigenvalue weighted by Crippen LogP contribution is 2.31. The molecule has 0 aliphatic carbocycles. The Morgan fingerprint density at radius 3 is 2.46 bits per heavy atom. The number of likely N-dealkylation sites (N-methyl/N-ethyl adjacent to an activating group) is 1. The van der Waals surface area contributed by atoms with Crippen molar-refractivity contribution in [1.29, 1.82) is 0 Å². The molecule has 0 aromatic heterocycles. The number of benzene rings is 2. The van der Waals surface area contributed by atoms with Gasteiger partial charge in [0, 0.05) is 6.54 Å². The molecule has 1 aliphatic rings. The fourth-order valence-corrected chi connectivity index (χ4v) is 3.13. The topological polar surface area (TPSA) is 40.6 Å². The number of imide groups is 1. The van der Waals surface area contributed by atoms with E-state index in [0.717, 1.165) is 5.56 Å². The van der Waals surface area contributed by atoms with Gasteiger partial charge >= 0.3 is 0 Å². The Balaban J connectivity index is 1.79. The Morgan fingerprint density at radius 2 is 1.79 bits per heavy atom. The summed E-state index contributed by atoms with van der Waals surface area (Å²) in [5, 5.41) is 0.702. The fourth-order valence-electron chi connectivity index (χ4n) is 2.84. The van der Waals surface area contributed by atoms with Crippen LogP contribution in [0.5, 0.6) is 0 Å². The van der Waals surface area contributed by atoms with Gasteiger partial charge in [-0.2, -0.15) is 0 Å². The summed E-state index contributed by atoms with van der Waals surface area (Å²) in [6, 6.07) is 14.1. The molecule has 0 unspecified atom stereocenters. The number of anilines is 1. The molecule has 4 nitrogen and oxygen atoms in total. The first-order valence-electron chi connectivity index (χ1n) is 7.53. The van der Waals surface area contributed by atoms with E-state index in [1.54, 1.807) is 18.2 Å². The first kappa shape index (κ1) is 17.0. The van der Waals surface area contributed by atoms with Crippen molar-refractivity contribution in [2.75, 3.05) is 11.9 Å². The van der Waals surface area contributed by atoms with Crippen LogP contribution in [-0.4, -0.2) is 29.8 Å². The molecule has 2 aromatic rings. The van der Waals surface area contributed by atoms with Crippen molar-refractivity contribution in [1.82, 2.24) is 4.90 Å². The van der Waals surface area contributed by atoms with Gasteiger partial charge in [0.15, 0.2) is 0 Å². The molecule has 124 valence electrons. The van der Waals surface area contributed by atoms with E-state index in [9.17, 15) is 9.59 Å². The van der Waals surface area contributed by atoms with Crippen LogP contribution in [0.3, 0.4) is 0 Å². The largest absolute Gasteiger partial charge is 0.290 e. The molecule has 0 saturated carbocycles. The summed E-state index contributed by atoms with van der Waals surface area (Å²) in [4.78, 5) is 28.2. The lowest BCUT2D eigenvalue weighted by Gasteiger charge is -2.23. The molecule has 3 rings (SSSR count). The lowest BCUT2D eigenvalue weighted by atomic mass is 10.1. The summed E-state index contributed by atoms with van der Waals surface area (Å²) in [7, 11) is 1.85. The second-order valence-corrected chi connectivity index (χ2v) is 6.60. The molecular weight excluding hydrogens is 347 g/mol. The zero-order valence-corrected chi connectivity index (χ0v) is 14.6. The van der Waals surface area contributed by atoms with Gasteiger partial charge in [0.2, 0.25) is 5.91 Å². The lowest BCUT2D eigenvalue weighted by molar-refractivity contribution is -0.122. The molecule has 1 fully saturated rings. The van der Waals surface area contributed by atoms with Crippen LogP contribution >= 0.6 is 23.2 Å². The Bertz CT molecular complexity index is 780. The molecule has 1 atom stereocenters. The van der Waals surface area contributed by atoms with Crippen LogP contribution < -0.4 is 4.90 Å². The third-order valence-corrected chi connectivity index (χ3v) is 4.83. The Morgan fingerprint density at radius 1 is 1.08 bits per heavy atom. The molecule has 1 aliphatic heterocycles. The molecule has 6 heteroatoms. The van der Waals surface area contributed by atoms with E-state index in [2.05, 4.69) is 0 Å². The van der Waals surface area contributed by atoms with Gasteiger partial charge < -0.3 is 0 Å². The van der Waals surface area contributed by atoms with Crippen LogP contribution in [-0.2, 0) is 16.1 Å². The summed E-state index contributed by atoms with van der Waals surface area (Å²) in [6.45, 7) is 0.597. The fraction of sp³-hybridized carbons (Fsp3) is 0.222. The maximum absolute atomic E-state index is 12.7. The second-order valence-electron chi connectivity index (χ2n) is 5.79. The van der Waals surface area contributed by atoms with Crippen LogP contribution in [0.4, 0.5) is 5.69 Å². The van der Waals surface area contributed by atoms with Crippen molar-refractivity contribution < 1.29 is 9.59 Å². The van der Waals surface area contributed by atoms with E-state index < -0.39 is 6.04 Å². The van der Waals surface area contributed by atoms with E-state index in [1.165, 1.54) is 4.90 Å². The highest BCUT2D eigenvalue weighted by Gasteiger charge is 2.41. The summed E-state index contributed by atoms with van der Waals surface area (Å²) >= 11 is 11.9. The van der Waals surface area contributed by atoms with Crippen LogP contribution in [0, 0.1) is 0 Å². The molecule has 1 saturated heterocycles. The number of hydrogen-bond donors (Lipinski definition) is 0. The molecule has 24 heavy (non-hydrogen) atoms. The van der Waals surface area contributed by atoms with Crippen molar-refractivity contribution in [3.05, 3.63) is 64.1 Å². The van der Waals surface area contributed by atoms with E-state index in [-0.39, 0.29) is 18.2 Å². The van der Waals surface area contributed by atoms with Gasteiger partial charge in [0.25, 0.3) is 5.91 Å². The highest BCUT2D eigenvalue weighted by atomic mass is 35.5. The van der Waals surface area contributed by atoms with Crippen LogP contribution in [0.2, 0.25) is 10.0 Å². The monoisotopic (exact) mass is 362 g/mol. The van der Waals surface area contributed by atoms with Gasteiger partial charge in [-0.3, -0.25) is 14.5 Å². The molecular formula is C18H16Cl2N2O2. The highest BCUT2D eigenvalue weighted by molar-refractivity contribution is 6.42. The first-order valence-corrected chi connectivity index (χ1v) is 8.29. The average molecular weight is 363 g/mol. The zero-order chi connectivity index (χ0) is 17.3. The smallest absolute Gasteiger partial charge is 0.251 e. The number of rotatable bonds is 4. The summed E-state index contributed by atoms with van der Waals surface area (Å²) in [5.41, 5.74) is 1.54. The standard InChI is InChI=1S/C18H16Cl2N2O2/c1-21(11-12-5-3-2-4-6-12)16-10-17(23)22(18(16)24)13-7-8-14(19)15(20)9-13/h2-9,16H,10-11H2,1H3/t16-/m0/s1. The van der Waals surface area contributed by atoms with Crippen molar-refractivity contribution in [3.63, 3.8) is 0 Å². The molecule has 0 radical (unpaired) electrons. The van der Waals surface area contributed by atoms with E-state index in [0.29, 0.717) is 22.3 Å². The maximum Gasteiger partial charge on any atom is 0.251 e. The van der Waals surface area contributed by atoms with Crippen molar-refractivity contribution >= 4 is 40.7 Å². The molecule has 2 aromatic carbocycles. The third-order valence-electron chi connectivity index (χ3n) is 4.09. The summed E-state index contributed by atoms with van der Waals surface area (Å²) < 4.78 is 0. The van der Waals surface area contributed by atoms with Crippen LogP contribution in [0.1, 0.15) is 12.0 Å². The van der Waals surface area contributed by atoms with Crippen molar-refractivity contribution in [3.8, 4) is 0 Å². The van der Waals surface area contributed by atoms with E-state index >= 15 is 0 Å². The quantitative estimate of drug-likeness (QED) is 0.777. The van der Waals surface area contributed by atoms with Gasteiger partial charge in [0.1, 0.15) is 0 Å². The van der Waals surface area contributed by atoms with E-state index in [4.69, 9.17) is 23.2 Å². The predicted octanol–water partition coefficient (Wildman–Crippen LogP) is 3.76. The van der Waals surface area contributed by atoms with Gasteiger partial charge in [-0.05, 0) is 30.8 Å². The summed E-state index contributed by atoms with van der Waals surface area (Å²) in [5.74, 6) is -0.472. The Labute approximate surface area is 150 Å². The molecule has 0 spiro atoms. The Hall–Kier alpha value is -1.88. The van der Waals surface area contributed by atoms with Gasteiger partial charge in [-0.25, -0.2) is 4.90 Å². The van der Waals surface area contributed by atoms with Gasteiger partial charge in [-0.1, -0.05) is 53.5 Å². The number of nitrogens with zero attached hydrogens (tertiary/aromatic N) is 2. The van der Waals surface area contributed by atoms with Gasteiger partial charge in [-0.15, -0.1) is 0 Å².